The van der Waals surface area contributed by atoms with E-state index in [1.165, 1.54) is 0 Å². The van der Waals surface area contributed by atoms with Crippen molar-refractivity contribution in [2.24, 2.45) is 5.73 Å². The van der Waals surface area contributed by atoms with E-state index in [0.717, 1.165) is 0 Å². The van der Waals surface area contributed by atoms with Crippen LogP contribution in [0.2, 0.25) is 0 Å². The van der Waals surface area contributed by atoms with Gasteiger partial charge in [0.2, 0.25) is 5.91 Å². The van der Waals surface area contributed by atoms with Crippen LogP contribution in [0, 0.1) is 6.92 Å². The van der Waals surface area contributed by atoms with Crippen molar-refractivity contribution in [2.45, 2.75) is 32.7 Å². The molecule has 0 aromatic carbocycles. The number of aromatic nitrogens is 1. The van der Waals surface area contributed by atoms with Gasteiger partial charge in [-0.05, 0) is 32.9 Å². The van der Waals surface area contributed by atoms with Crippen molar-refractivity contribution >= 4 is 30.7 Å². The summed E-state index contributed by atoms with van der Waals surface area (Å²) in [6.07, 6.45) is 1.70. The molecule has 0 fully saturated rings. The molecule has 6 nitrogen and oxygen atoms in total. The zero-order valence-corrected chi connectivity index (χ0v) is 14.3. The lowest BCUT2D eigenvalue weighted by Gasteiger charge is -2.23. The first-order valence-electron chi connectivity index (χ1n) is 6.42. The molecular weight excluding hydrogens is 329 g/mol. The van der Waals surface area contributed by atoms with Gasteiger partial charge in [-0.2, -0.15) is 0 Å². The van der Waals surface area contributed by atoms with Crippen LogP contribution in [0.15, 0.2) is 27.2 Å². The maximum Gasteiger partial charge on any atom is 0.263 e. The average molecular weight is 350 g/mol. The molecule has 3 N–H and O–H groups in total. The van der Waals surface area contributed by atoms with Crippen LogP contribution >= 0.6 is 24.8 Å². The minimum absolute atomic E-state index is 0. The van der Waals surface area contributed by atoms with Crippen LogP contribution in [0.1, 0.15) is 25.3 Å². The number of oxazole rings is 1. The predicted octanol–water partition coefficient (Wildman–Crippen LogP) is 2.48. The Kier molecular flexibility index (Phi) is 7.66. The molecule has 8 heteroatoms. The monoisotopic (exact) mass is 349 g/mol. The van der Waals surface area contributed by atoms with E-state index in [-0.39, 0.29) is 37.1 Å². The lowest BCUT2D eigenvalue weighted by molar-refractivity contribution is -0.122. The van der Waals surface area contributed by atoms with Crippen LogP contribution in [0.5, 0.6) is 0 Å². The minimum atomic E-state index is -0.432. The fraction of sp³-hybridized carbons (Fsp3) is 0.429. The molecule has 0 radical (unpaired) electrons. The van der Waals surface area contributed by atoms with Gasteiger partial charge in [0.05, 0.1) is 18.4 Å². The van der Waals surface area contributed by atoms with E-state index in [0.29, 0.717) is 29.6 Å². The van der Waals surface area contributed by atoms with E-state index in [2.05, 4.69) is 10.3 Å². The van der Waals surface area contributed by atoms with E-state index in [9.17, 15) is 4.79 Å². The summed E-state index contributed by atoms with van der Waals surface area (Å²) < 4.78 is 10.7. The summed E-state index contributed by atoms with van der Waals surface area (Å²) in [4.78, 5) is 16.3. The van der Waals surface area contributed by atoms with Crippen LogP contribution in [0.3, 0.4) is 0 Å². The van der Waals surface area contributed by atoms with Gasteiger partial charge in [0.25, 0.3) is 5.89 Å². The summed E-state index contributed by atoms with van der Waals surface area (Å²) in [6, 6.07) is 3.51. The van der Waals surface area contributed by atoms with Crippen molar-refractivity contribution in [2.75, 3.05) is 6.54 Å². The average Bonchev–Trinajstić information content (AvgIpc) is 2.99. The molecule has 0 aliphatic carbocycles. The Morgan fingerprint density at radius 1 is 1.41 bits per heavy atom. The Morgan fingerprint density at radius 2 is 2.09 bits per heavy atom. The number of nitrogens with one attached hydrogen (secondary N) is 1. The molecule has 2 aromatic rings. The molecule has 1 amide bonds. The molecule has 0 spiro atoms. The summed E-state index contributed by atoms with van der Waals surface area (Å²) in [5, 5.41) is 2.86. The standard InChI is InChI=1S/C14H19N3O3.2ClH/c1-9-10(7-12(18)17-14(2,3)8-15)16-13(20-9)11-5-4-6-19-11;;/h4-6H,7-8,15H2,1-3H3,(H,17,18);2*1H. The molecule has 124 valence electrons. The Balaban J connectivity index is 0.00000220. The lowest BCUT2D eigenvalue weighted by atomic mass is 10.1. The molecule has 0 bridgehead atoms. The third-order valence-electron chi connectivity index (χ3n) is 2.94. The van der Waals surface area contributed by atoms with Gasteiger partial charge in [0.15, 0.2) is 5.76 Å². The molecule has 0 saturated carbocycles. The molecule has 0 saturated heterocycles. The molecule has 0 unspecified atom stereocenters. The van der Waals surface area contributed by atoms with Gasteiger partial charge in [-0.3, -0.25) is 4.79 Å². The topological polar surface area (TPSA) is 94.3 Å². The van der Waals surface area contributed by atoms with Crippen LogP contribution in [-0.2, 0) is 11.2 Å². The number of furan rings is 1. The Bertz CT molecular complexity index is 595. The zero-order valence-electron chi connectivity index (χ0n) is 12.7. The molecule has 0 aliphatic rings. The number of hydrogen-bond donors (Lipinski definition) is 2. The van der Waals surface area contributed by atoms with E-state index in [1.807, 2.05) is 13.8 Å². The number of carbonyl (C=O) groups excluding carboxylic acids is 1. The number of rotatable bonds is 5. The molecule has 2 rings (SSSR count). The van der Waals surface area contributed by atoms with Crippen molar-refractivity contribution < 1.29 is 13.6 Å². The lowest BCUT2D eigenvalue weighted by Crippen LogP contribution is -2.49. The first-order chi connectivity index (χ1) is 9.41. The van der Waals surface area contributed by atoms with Crippen LogP contribution in [0.25, 0.3) is 11.7 Å². The number of nitrogens with zero attached hydrogens (tertiary/aromatic N) is 1. The number of halogens is 2. The Labute approximate surface area is 141 Å². The van der Waals surface area contributed by atoms with Crippen LogP contribution in [0.4, 0.5) is 0 Å². The van der Waals surface area contributed by atoms with Crippen molar-refractivity contribution in [3.05, 3.63) is 29.9 Å². The van der Waals surface area contributed by atoms with Gasteiger partial charge in [-0.25, -0.2) is 4.98 Å². The molecular formula is C14H21Cl2N3O3. The molecule has 0 aliphatic heterocycles. The van der Waals surface area contributed by atoms with Gasteiger partial charge in [0.1, 0.15) is 5.76 Å². The third-order valence-corrected chi connectivity index (χ3v) is 2.94. The van der Waals surface area contributed by atoms with Crippen molar-refractivity contribution in [1.82, 2.24) is 10.3 Å². The molecule has 0 atom stereocenters. The van der Waals surface area contributed by atoms with Crippen molar-refractivity contribution in [3.63, 3.8) is 0 Å². The number of amides is 1. The minimum Gasteiger partial charge on any atom is -0.459 e. The highest BCUT2D eigenvalue weighted by atomic mass is 35.5. The highest BCUT2D eigenvalue weighted by Crippen LogP contribution is 2.22. The van der Waals surface area contributed by atoms with Gasteiger partial charge in [-0.1, -0.05) is 0 Å². The molecule has 2 heterocycles. The van der Waals surface area contributed by atoms with E-state index >= 15 is 0 Å². The summed E-state index contributed by atoms with van der Waals surface area (Å²) in [6.45, 7) is 5.88. The fourth-order valence-corrected chi connectivity index (χ4v) is 1.72. The predicted molar refractivity (Wildman–Crippen MR) is 88.4 cm³/mol. The van der Waals surface area contributed by atoms with Crippen LogP contribution in [-0.4, -0.2) is 23.0 Å². The second-order valence-electron chi connectivity index (χ2n) is 5.31. The van der Waals surface area contributed by atoms with Crippen molar-refractivity contribution in [1.29, 1.82) is 0 Å². The van der Waals surface area contributed by atoms with E-state index in [1.54, 1.807) is 25.3 Å². The summed E-state index contributed by atoms with van der Waals surface area (Å²) in [7, 11) is 0. The summed E-state index contributed by atoms with van der Waals surface area (Å²) in [5.74, 6) is 1.40. The zero-order chi connectivity index (χ0) is 14.8. The first kappa shape index (κ1) is 20.5. The third kappa shape index (κ3) is 5.05. The number of carbonyl (C=O) groups is 1. The van der Waals surface area contributed by atoms with Gasteiger partial charge in [0, 0.05) is 12.1 Å². The largest absolute Gasteiger partial charge is 0.459 e. The Morgan fingerprint density at radius 3 is 2.64 bits per heavy atom. The molecule has 2 aromatic heterocycles. The number of hydrogen-bond acceptors (Lipinski definition) is 5. The van der Waals surface area contributed by atoms with E-state index in [4.69, 9.17) is 14.6 Å². The highest BCUT2D eigenvalue weighted by Gasteiger charge is 2.21. The number of nitrogens with two attached hydrogens (primary N) is 1. The maximum atomic E-state index is 12.0. The summed E-state index contributed by atoms with van der Waals surface area (Å²) >= 11 is 0. The SMILES string of the molecule is Cc1oc(-c2ccco2)nc1CC(=O)NC(C)(C)CN.Cl.Cl. The first-order valence-corrected chi connectivity index (χ1v) is 6.42. The second kappa shape index (κ2) is 8.22. The smallest absolute Gasteiger partial charge is 0.263 e. The van der Waals surface area contributed by atoms with E-state index < -0.39 is 5.54 Å². The van der Waals surface area contributed by atoms with Gasteiger partial charge >= 0.3 is 0 Å². The Hall–Kier alpha value is -1.50. The number of aryl methyl sites for hydroxylation is 1. The quantitative estimate of drug-likeness (QED) is 0.864. The highest BCUT2D eigenvalue weighted by molar-refractivity contribution is 5.85. The van der Waals surface area contributed by atoms with Crippen molar-refractivity contribution in [3.8, 4) is 11.7 Å². The molecule has 22 heavy (non-hydrogen) atoms. The summed E-state index contributed by atoms with van der Waals surface area (Å²) in [5.41, 5.74) is 5.75. The fourth-order valence-electron chi connectivity index (χ4n) is 1.72. The maximum absolute atomic E-state index is 12.0. The van der Waals surface area contributed by atoms with Gasteiger partial charge < -0.3 is 19.9 Å². The van der Waals surface area contributed by atoms with Crippen LogP contribution < -0.4 is 11.1 Å². The second-order valence-corrected chi connectivity index (χ2v) is 5.31. The normalized spacial score (nSPS) is 10.5. The van der Waals surface area contributed by atoms with Gasteiger partial charge in [-0.15, -0.1) is 24.8 Å².